The molecule has 2 aliphatic carbocycles. The van der Waals surface area contributed by atoms with Crippen LogP contribution in [0.15, 0.2) is 48.0 Å². The van der Waals surface area contributed by atoms with E-state index in [1.54, 1.807) is 24.5 Å². The maximum absolute atomic E-state index is 11.4. The molecule has 7 heteroatoms. The number of hydrogen-bond donors (Lipinski definition) is 3. The Bertz CT molecular complexity index is 1220. The van der Waals surface area contributed by atoms with Gasteiger partial charge in [0.15, 0.2) is 0 Å². The maximum Gasteiger partial charge on any atom is 0.221 e. The fourth-order valence-electron chi connectivity index (χ4n) is 5.18. The van der Waals surface area contributed by atoms with Gasteiger partial charge in [0.1, 0.15) is 0 Å². The number of carbonyl (C=O) groups excluding carboxylic acids is 2. The first-order valence-electron chi connectivity index (χ1n) is 13.2. The van der Waals surface area contributed by atoms with E-state index in [-0.39, 0.29) is 17.4 Å². The van der Waals surface area contributed by atoms with Gasteiger partial charge in [-0.05, 0) is 67.7 Å². The van der Waals surface area contributed by atoms with Gasteiger partial charge in [0.25, 0.3) is 0 Å². The lowest BCUT2D eigenvalue weighted by Crippen LogP contribution is -2.43. The van der Waals surface area contributed by atoms with E-state index in [0.717, 1.165) is 35.2 Å². The van der Waals surface area contributed by atoms with Gasteiger partial charge in [-0.3, -0.25) is 14.6 Å². The van der Waals surface area contributed by atoms with Crippen molar-refractivity contribution in [3.05, 3.63) is 58.4 Å². The molecule has 2 aromatic heterocycles. The van der Waals surface area contributed by atoms with Gasteiger partial charge in [-0.15, -0.1) is 11.3 Å². The zero-order chi connectivity index (χ0) is 26.4. The van der Waals surface area contributed by atoms with Gasteiger partial charge in [0, 0.05) is 41.4 Å². The number of anilines is 1. The summed E-state index contributed by atoms with van der Waals surface area (Å²) in [7, 11) is 0. The standard InChI is InChI=1S/C22H23N3OS.C8H15NO/c1-14-19(8-11-27-14)20-12-18(25-15(2)26)13-24-21(20)16-4-6-17(7-5-16)22(23)9-3-10-22;1-7(10)9-8-5-3-2-4-6-8/h4-8,11-13H,3,9-10,23H2,1-2H3,(H,25,26);8H,2-6H2,1H3,(H,9,10). The Labute approximate surface area is 224 Å². The Morgan fingerprint density at radius 3 is 2.22 bits per heavy atom. The van der Waals surface area contributed by atoms with Crippen molar-refractivity contribution in [3.8, 4) is 22.4 Å². The smallest absolute Gasteiger partial charge is 0.221 e. The van der Waals surface area contributed by atoms with E-state index < -0.39 is 0 Å². The third-order valence-corrected chi connectivity index (χ3v) is 8.19. The van der Waals surface area contributed by atoms with E-state index in [1.165, 1.54) is 55.9 Å². The second-order valence-electron chi connectivity index (χ2n) is 10.3. The SMILES string of the molecule is CC(=O)NC1CCCCC1.CC(=O)Nc1cnc(-c2ccc(C3(N)CCC3)cc2)c(-c2ccsc2C)c1. The number of carbonyl (C=O) groups is 2. The van der Waals surface area contributed by atoms with E-state index in [2.05, 4.69) is 58.3 Å². The normalized spacial score (nSPS) is 16.6. The quantitative estimate of drug-likeness (QED) is 0.357. The molecule has 2 saturated carbocycles. The Morgan fingerprint density at radius 2 is 1.68 bits per heavy atom. The van der Waals surface area contributed by atoms with Gasteiger partial charge in [-0.1, -0.05) is 43.5 Å². The minimum Gasteiger partial charge on any atom is -0.354 e. The predicted molar refractivity (Wildman–Crippen MR) is 152 cm³/mol. The Kier molecular flexibility index (Phi) is 8.77. The summed E-state index contributed by atoms with van der Waals surface area (Å²) in [4.78, 5) is 28.0. The molecule has 37 heavy (non-hydrogen) atoms. The van der Waals surface area contributed by atoms with Crippen molar-refractivity contribution in [2.45, 2.75) is 83.7 Å². The molecule has 2 fully saturated rings. The zero-order valence-electron chi connectivity index (χ0n) is 22.1. The van der Waals surface area contributed by atoms with Crippen LogP contribution in [0.3, 0.4) is 0 Å². The number of pyridine rings is 1. The molecule has 0 unspecified atom stereocenters. The molecule has 0 radical (unpaired) electrons. The summed E-state index contributed by atoms with van der Waals surface area (Å²) in [6.45, 7) is 5.20. The van der Waals surface area contributed by atoms with Gasteiger partial charge in [-0.2, -0.15) is 0 Å². The van der Waals surface area contributed by atoms with Crippen LogP contribution in [0.1, 0.15) is 75.7 Å². The predicted octanol–water partition coefficient (Wildman–Crippen LogP) is 6.54. The summed E-state index contributed by atoms with van der Waals surface area (Å²) in [6, 6.07) is 13.1. The molecule has 2 heterocycles. The number of rotatable bonds is 5. The molecule has 4 N–H and O–H groups in total. The molecular formula is C30H38N4O2S. The number of nitrogens with one attached hydrogen (secondary N) is 2. The highest BCUT2D eigenvalue weighted by Gasteiger charge is 2.34. The van der Waals surface area contributed by atoms with Gasteiger partial charge >= 0.3 is 0 Å². The minimum absolute atomic E-state index is 0.101. The highest BCUT2D eigenvalue weighted by molar-refractivity contribution is 7.10. The molecule has 5 rings (SSSR count). The lowest BCUT2D eigenvalue weighted by Gasteiger charge is -2.38. The van der Waals surface area contributed by atoms with Crippen LogP contribution in [0.25, 0.3) is 22.4 Å². The number of benzene rings is 1. The Hall–Kier alpha value is -3.03. The van der Waals surface area contributed by atoms with Crippen LogP contribution in [0.4, 0.5) is 5.69 Å². The van der Waals surface area contributed by atoms with E-state index in [4.69, 9.17) is 5.73 Å². The number of nitrogens with zero attached hydrogens (tertiary/aromatic N) is 1. The number of amides is 2. The summed E-state index contributed by atoms with van der Waals surface area (Å²) in [6.07, 6.45) is 11.3. The number of hydrogen-bond acceptors (Lipinski definition) is 5. The summed E-state index contributed by atoms with van der Waals surface area (Å²) in [5.41, 5.74) is 12.3. The zero-order valence-corrected chi connectivity index (χ0v) is 22.9. The van der Waals surface area contributed by atoms with Gasteiger partial charge in [0.05, 0.1) is 17.6 Å². The van der Waals surface area contributed by atoms with Crippen LogP contribution in [0, 0.1) is 6.92 Å². The molecule has 3 aromatic rings. The minimum atomic E-state index is -0.159. The van der Waals surface area contributed by atoms with Crippen molar-refractivity contribution in [2.24, 2.45) is 5.73 Å². The van der Waals surface area contributed by atoms with Gasteiger partial charge in [-0.25, -0.2) is 0 Å². The van der Waals surface area contributed by atoms with Crippen molar-refractivity contribution in [1.82, 2.24) is 10.3 Å². The van der Waals surface area contributed by atoms with Crippen molar-refractivity contribution >= 4 is 28.8 Å². The third-order valence-electron chi connectivity index (χ3n) is 7.35. The lowest BCUT2D eigenvalue weighted by molar-refractivity contribution is -0.120. The maximum atomic E-state index is 11.4. The molecular weight excluding hydrogens is 480 g/mol. The van der Waals surface area contributed by atoms with Crippen molar-refractivity contribution in [1.29, 1.82) is 0 Å². The number of thiophene rings is 1. The number of aryl methyl sites for hydroxylation is 1. The van der Waals surface area contributed by atoms with Crippen molar-refractivity contribution < 1.29 is 9.59 Å². The second kappa shape index (κ2) is 12.0. The van der Waals surface area contributed by atoms with Gasteiger partial charge in [0.2, 0.25) is 11.8 Å². The molecule has 196 valence electrons. The first-order chi connectivity index (χ1) is 17.7. The molecule has 1 aromatic carbocycles. The third kappa shape index (κ3) is 6.84. The fraction of sp³-hybridized carbons (Fsp3) is 0.433. The molecule has 2 amide bonds. The topological polar surface area (TPSA) is 97.1 Å². The highest BCUT2D eigenvalue weighted by Crippen LogP contribution is 2.40. The Morgan fingerprint density at radius 1 is 0.973 bits per heavy atom. The average Bonchev–Trinajstić information content (AvgIpc) is 3.28. The Balaban J connectivity index is 0.000000270. The van der Waals surface area contributed by atoms with E-state index in [9.17, 15) is 9.59 Å². The second-order valence-corrected chi connectivity index (χ2v) is 11.4. The molecule has 0 saturated heterocycles. The summed E-state index contributed by atoms with van der Waals surface area (Å²) in [5.74, 6) is 0.0162. The van der Waals surface area contributed by atoms with Crippen LogP contribution in [0.5, 0.6) is 0 Å². The van der Waals surface area contributed by atoms with Crippen LogP contribution in [-0.4, -0.2) is 22.8 Å². The lowest BCUT2D eigenvalue weighted by atomic mass is 9.72. The van der Waals surface area contributed by atoms with Crippen LogP contribution in [0.2, 0.25) is 0 Å². The van der Waals surface area contributed by atoms with Crippen molar-refractivity contribution in [2.75, 3.05) is 5.32 Å². The van der Waals surface area contributed by atoms with E-state index >= 15 is 0 Å². The first kappa shape index (κ1) is 27.0. The fourth-order valence-corrected chi connectivity index (χ4v) is 5.89. The van der Waals surface area contributed by atoms with E-state index in [0.29, 0.717) is 11.7 Å². The average molecular weight is 519 g/mol. The largest absolute Gasteiger partial charge is 0.354 e. The highest BCUT2D eigenvalue weighted by atomic mass is 32.1. The summed E-state index contributed by atoms with van der Waals surface area (Å²) < 4.78 is 0. The van der Waals surface area contributed by atoms with Crippen LogP contribution >= 0.6 is 11.3 Å². The van der Waals surface area contributed by atoms with Crippen molar-refractivity contribution in [3.63, 3.8) is 0 Å². The molecule has 0 aliphatic heterocycles. The van der Waals surface area contributed by atoms with Gasteiger partial charge < -0.3 is 16.4 Å². The summed E-state index contributed by atoms with van der Waals surface area (Å²) in [5, 5.41) is 7.86. The molecule has 0 bridgehead atoms. The molecule has 6 nitrogen and oxygen atoms in total. The molecule has 0 atom stereocenters. The number of aromatic nitrogens is 1. The number of nitrogens with two attached hydrogens (primary N) is 1. The summed E-state index contributed by atoms with van der Waals surface area (Å²) >= 11 is 1.71. The molecule has 2 aliphatic rings. The first-order valence-corrected chi connectivity index (χ1v) is 14.1. The van der Waals surface area contributed by atoms with Crippen LogP contribution in [-0.2, 0) is 15.1 Å². The van der Waals surface area contributed by atoms with E-state index in [1.807, 2.05) is 6.07 Å². The van der Waals surface area contributed by atoms with Crippen LogP contribution < -0.4 is 16.4 Å². The monoisotopic (exact) mass is 518 g/mol. The molecule has 0 spiro atoms.